The van der Waals surface area contributed by atoms with E-state index in [1.807, 2.05) is 0 Å². The van der Waals surface area contributed by atoms with Gasteiger partial charge in [0, 0.05) is 5.69 Å². The SMILES string of the molecule is CC(C)CCOc1ccc(NC(=O)CNC(=O)CN)cc1. The van der Waals surface area contributed by atoms with E-state index in [1.165, 1.54) is 0 Å². The van der Waals surface area contributed by atoms with Gasteiger partial charge in [-0.05, 0) is 36.6 Å². The summed E-state index contributed by atoms with van der Waals surface area (Å²) in [4.78, 5) is 22.5. The molecule has 0 fully saturated rings. The van der Waals surface area contributed by atoms with Crippen LogP contribution in [-0.4, -0.2) is 31.5 Å². The van der Waals surface area contributed by atoms with E-state index in [9.17, 15) is 9.59 Å². The molecule has 0 spiro atoms. The van der Waals surface area contributed by atoms with Gasteiger partial charge in [0.05, 0.1) is 19.7 Å². The maximum Gasteiger partial charge on any atom is 0.243 e. The van der Waals surface area contributed by atoms with E-state index >= 15 is 0 Å². The molecule has 6 heteroatoms. The Labute approximate surface area is 125 Å². The Morgan fingerprint density at radius 1 is 1.19 bits per heavy atom. The van der Waals surface area contributed by atoms with E-state index in [2.05, 4.69) is 24.5 Å². The van der Waals surface area contributed by atoms with E-state index in [0.717, 1.165) is 12.2 Å². The smallest absolute Gasteiger partial charge is 0.243 e. The van der Waals surface area contributed by atoms with Crippen molar-refractivity contribution in [1.29, 1.82) is 0 Å². The highest BCUT2D eigenvalue weighted by atomic mass is 16.5. The van der Waals surface area contributed by atoms with Crippen molar-refractivity contribution in [3.8, 4) is 5.75 Å². The molecule has 21 heavy (non-hydrogen) atoms. The van der Waals surface area contributed by atoms with Crippen molar-refractivity contribution >= 4 is 17.5 Å². The Bertz CT molecular complexity index is 458. The molecule has 0 aromatic heterocycles. The number of ether oxygens (including phenoxy) is 1. The number of nitrogens with one attached hydrogen (secondary N) is 2. The average Bonchev–Trinajstić information content (AvgIpc) is 2.46. The van der Waals surface area contributed by atoms with Gasteiger partial charge >= 0.3 is 0 Å². The van der Waals surface area contributed by atoms with Gasteiger partial charge in [-0.1, -0.05) is 13.8 Å². The fraction of sp³-hybridized carbons (Fsp3) is 0.467. The van der Waals surface area contributed by atoms with Gasteiger partial charge in [-0.3, -0.25) is 9.59 Å². The van der Waals surface area contributed by atoms with E-state index in [1.54, 1.807) is 24.3 Å². The number of anilines is 1. The molecule has 1 rings (SSSR count). The summed E-state index contributed by atoms with van der Waals surface area (Å²) in [6.07, 6.45) is 0.999. The Morgan fingerprint density at radius 2 is 1.86 bits per heavy atom. The van der Waals surface area contributed by atoms with Crippen LogP contribution in [0.2, 0.25) is 0 Å². The fourth-order valence-corrected chi connectivity index (χ4v) is 1.50. The standard InChI is InChI=1S/C15H23N3O3/c1-11(2)7-8-21-13-5-3-12(4-6-13)18-15(20)10-17-14(19)9-16/h3-6,11H,7-10,16H2,1-2H3,(H,17,19)(H,18,20). The highest BCUT2D eigenvalue weighted by Gasteiger charge is 2.04. The molecule has 0 unspecified atom stereocenters. The van der Waals surface area contributed by atoms with Gasteiger partial charge in [-0.25, -0.2) is 0 Å². The number of benzene rings is 1. The van der Waals surface area contributed by atoms with Crippen molar-refractivity contribution in [2.45, 2.75) is 20.3 Å². The Morgan fingerprint density at radius 3 is 2.43 bits per heavy atom. The largest absolute Gasteiger partial charge is 0.494 e. The second kappa shape index (κ2) is 8.97. The molecule has 116 valence electrons. The molecule has 1 aromatic rings. The first-order chi connectivity index (χ1) is 10.0. The zero-order valence-electron chi connectivity index (χ0n) is 12.5. The number of amides is 2. The quantitative estimate of drug-likeness (QED) is 0.669. The summed E-state index contributed by atoms with van der Waals surface area (Å²) >= 11 is 0. The number of rotatable bonds is 8. The molecular formula is C15H23N3O3. The van der Waals surface area contributed by atoms with Gasteiger partial charge in [-0.2, -0.15) is 0 Å². The third-order valence-corrected chi connectivity index (χ3v) is 2.73. The molecule has 1 aromatic carbocycles. The fourth-order valence-electron chi connectivity index (χ4n) is 1.50. The van der Waals surface area contributed by atoms with Crippen molar-refractivity contribution in [3.05, 3.63) is 24.3 Å². The summed E-state index contributed by atoms with van der Waals surface area (Å²) in [6.45, 7) is 4.74. The number of hydrogen-bond donors (Lipinski definition) is 3. The summed E-state index contributed by atoms with van der Waals surface area (Å²) in [5.41, 5.74) is 5.78. The summed E-state index contributed by atoms with van der Waals surface area (Å²) in [5, 5.41) is 5.07. The van der Waals surface area contributed by atoms with Crippen molar-refractivity contribution < 1.29 is 14.3 Å². The first-order valence-corrected chi connectivity index (χ1v) is 7.00. The van der Waals surface area contributed by atoms with Crippen LogP contribution in [0.5, 0.6) is 5.75 Å². The first-order valence-electron chi connectivity index (χ1n) is 7.00. The normalized spacial score (nSPS) is 10.3. The summed E-state index contributed by atoms with van der Waals surface area (Å²) in [7, 11) is 0. The lowest BCUT2D eigenvalue weighted by Crippen LogP contribution is -2.36. The van der Waals surface area contributed by atoms with Crippen LogP contribution in [0, 0.1) is 5.92 Å². The zero-order valence-corrected chi connectivity index (χ0v) is 12.5. The van der Waals surface area contributed by atoms with E-state index in [0.29, 0.717) is 18.2 Å². The molecule has 0 saturated heterocycles. The molecule has 0 heterocycles. The molecule has 0 radical (unpaired) electrons. The maximum absolute atomic E-state index is 11.6. The van der Waals surface area contributed by atoms with E-state index in [-0.39, 0.29) is 24.9 Å². The second-order valence-corrected chi connectivity index (χ2v) is 5.08. The molecular weight excluding hydrogens is 270 g/mol. The Balaban J connectivity index is 2.36. The van der Waals surface area contributed by atoms with E-state index < -0.39 is 0 Å². The van der Waals surface area contributed by atoms with Crippen LogP contribution in [0.1, 0.15) is 20.3 Å². The van der Waals surface area contributed by atoms with Crippen LogP contribution >= 0.6 is 0 Å². The van der Waals surface area contributed by atoms with E-state index in [4.69, 9.17) is 10.5 Å². The highest BCUT2D eigenvalue weighted by molar-refractivity contribution is 5.94. The summed E-state index contributed by atoms with van der Waals surface area (Å²) < 4.78 is 5.59. The molecule has 0 atom stereocenters. The van der Waals surface area contributed by atoms with Crippen LogP contribution in [0.25, 0.3) is 0 Å². The molecule has 2 amide bonds. The van der Waals surface area contributed by atoms with Crippen LogP contribution in [0.4, 0.5) is 5.69 Å². The summed E-state index contributed by atoms with van der Waals surface area (Å²) in [6, 6.07) is 7.11. The third-order valence-electron chi connectivity index (χ3n) is 2.73. The van der Waals surface area contributed by atoms with Crippen LogP contribution in [0.3, 0.4) is 0 Å². The number of hydrogen-bond acceptors (Lipinski definition) is 4. The molecule has 0 aliphatic carbocycles. The van der Waals surface area contributed by atoms with Crippen LogP contribution in [-0.2, 0) is 9.59 Å². The van der Waals surface area contributed by atoms with Crippen molar-refractivity contribution in [1.82, 2.24) is 5.32 Å². The van der Waals surface area contributed by atoms with Gasteiger partial charge in [-0.15, -0.1) is 0 Å². The van der Waals surface area contributed by atoms with Crippen LogP contribution in [0.15, 0.2) is 24.3 Å². The van der Waals surface area contributed by atoms with Gasteiger partial charge < -0.3 is 21.1 Å². The number of nitrogens with two attached hydrogens (primary N) is 1. The topological polar surface area (TPSA) is 93.5 Å². The van der Waals surface area contributed by atoms with Gasteiger partial charge in [0.25, 0.3) is 0 Å². The predicted octanol–water partition coefficient (Wildman–Crippen LogP) is 1.12. The Hall–Kier alpha value is -2.08. The highest BCUT2D eigenvalue weighted by Crippen LogP contribution is 2.16. The Kier molecular flexibility index (Phi) is 7.25. The van der Waals surface area contributed by atoms with Crippen LogP contribution < -0.4 is 21.1 Å². The average molecular weight is 293 g/mol. The minimum Gasteiger partial charge on any atom is -0.494 e. The lowest BCUT2D eigenvalue weighted by molar-refractivity contribution is -0.123. The minimum absolute atomic E-state index is 0.0946. The molecule has 0 aliphatic rings. The first kappa shape index (κ1) is 17.0. The molecule has 6 nitrogen and oxygen atoms in total. The molecule has 0 bridgehead atoms. The summed E-state index contributed by atoms with van der Waals surface area (Å²) in [5.74, 6) is 0.710. The minimum atomic E-state index is -0.362. The lowest BCUT2D eigenvalue weighted by atomic mass is 10.1. The predicted molar refractivity (Wildman–Crippen MR) is 82.1 cm³/mol. The maximum atomic E-state index is 11.6. The second-order valence-electron chi connectivity index (χ2n) is 5.08. The number of carbonyl (C=O) groups excluding carboxylic acids is 2. The third kappa shape index (κ3) is 7.31. The molecule has 0 aliphatic heterocycles. The van der Waals surface area contributed by atoms with Gasteiger partial charge in [0.2, 0.25) is 11.8 Å². The molecule has 0 saturated carbocycles. The van der Waals surface area contributed by atoms with Crippen molar-refractivity contribution in [2.24, 2.45) is 11.7 Å². The van der Waals surface area contributed by atoms with Gasteiger partial charge in [0.1, 0.15) is 5.75 Å². The van der Waals surface area contributed by atoms with Crippen molar-refractivity contribution in [3.63, 3.8) is 0 Å². The zero-order chi connectivity index (χ0) is 15.7. The lowest BCUT2D eigenvalue weighted by Gasteiger charge is -2.09. The van der Waals surface area contributed by atoms with Crippen molar-refractivity contribution in [2.75, 3.05) is 25.0 Å². The number of carbonyl (C=O) groups is 2. The molecule has 4 N–H and O–H groups in total. The van der Waals surface area contributed by atoms with Gasteiger partial charge in [0.15, 0.2) is 0 Å². The monoisotopic (exact) mass is 293 g/mol.